The van der Waals surface area contributed by atoms with Gasteiger partial charge in [0, 0.05) is 0 Å². The van der Waals surface area contributed by atoms with Crippen molar-refractivity contribution in [3.05, 3.63) is 0 Å². The van der Waals surface area contributed by atoms with Crippen LogP contribution in [0.1, 0.15) is 20.8 Å². The molecule has 66 valence electrons. The van der Waals surface area contributed by atoms with Gasteiger partial charge < -0.3 is 0 Å². The Balaban J connectivity index is 3.71. The Kier molecular flexibility index (Phi) is 4.59. The van der Waals surface area contributed by atoms with Crippen LogP contribution in [0.25, 0.3) is 0 Å². The number of rotatable bonds is 3. The van der Waals surface area contributed by atoms with Crippen LogP contribution in [0, 0.1) is 0 Å². The first-order valence-electron chi connectivity index (χ1n) is 3.41. The van der Waals surface area contributed by atoms with E-state index >= 15 is 0 Å². The molecule has 0 bridgehead atoms. The van der Waals surface area contributed by atoms with Crippen molar-refractivity contribution in [2.24, 2.45) is 11.5 Å². The molecule has 4 nitrogen and oxygen atoms in total. The molecule has 11 heavy (non-hydrogen) atoms. The molecule has 0 spiro atoms. The van der Waals surface area contributed by atoms with Gasteiger partial charge in [0.2, 0.25) is 0 Å². The van der Waals surface area contributed by atoms with E-state index in [1.54, 1.807) is 0 Å². The monoisotopic (exact) mass is 328 g/mol. The van der Waals surface area contributed by atoms with Crippen LogP contribution >= 0.6 is 0 Å². The van der Waals surface area contributed by atoms with Gasteiger partial charge in [-0.1, -0.05) is 0 Å². The van der Waals surface area contributed by atoms with Crippen molar-refractivity contribution in [2.45, 2.75) is 32.6 Å². The molecule has 0 radical (unpaired) electrons. The van der Waals surface area contributed by atoms with Crippen molar-refractivity contribution in [1.29, 1.82) is 0 Å². The zero-order chi connectivity index (χ0) is 9.07. The van der Waals surface area contributed by atoms with Gasteiger partial charge in [-0.2, -0.15) is 0 Å². The molecule has 5 heteroatoms. The molecule has 0 unspecified atom stereocenters. The number of nitrogens with one attached hydrogen (secondary N) is 2. The van der Waals surface area contributed by atoms with Crippen LogP contribution in [0.4, 0.5) is 0 Å². The Labute approximate surface area is 78.5 Å². The molecule has 0 saturated carbocycles. The predicted octanol–water partition coefficient (Wildman–Crippen LogP) is -1.20. The van der Waals surface area contributed by atoms with Crippen LogP contribution in [0.15, 0.2) is 0 Å². The fraction of sp³-hybridized carbons (Fsp3) is 0.833. The van der Waals surface area contributed by atoms with Gasteiger partial charge in [-0.15, -0.1) is 0 Å². The van der Waals surface area contributed by atoms with E-state index in [0.29, 0.717) is 0 Å². The van der Waals surface area contributed by atoms with E-state index in [-0.39, 0.29) is 5.54 Å². The van der Waals surface area contributed by atoms with Gasteiger partial charge in [0.15, 0.2) is 0 Å². The third-order valence-corrected chi connectivity index (χ3v) is 1.58. The van der Waals surface area contributed by atoms with Crippen molar-refractivity contribution in [3.63, 3.8) is 0 Å². The van der Waals surface area contributed by atoms with E-state index < -0.39 is 6.29 Å². The summed E-state index contributed by atoms with van der Waals surface area (Å²) in [7, 11) is 0. The van der Waals surface area contributed by atoms with E-state index in [1.807, 2.05) is 0 Å². The maximum absolute atomic E-state index is 5.33. The van der Waals surface area contributed by atoms with Gasteiger partial charge >= 0.3 is 78.2 Å². The van der Waals surface area contributed by atoms with Crippen molar-refractivity contribution < 1.29 is 19.4 Å². The molecule has 0 rings (SSSR count). The van der Waals surface area contributed by atoms with Crippen LogP contribution in [0.5, 0.6) is 0 Å². The summed E-state index contributed by atoms with van der Waals surface area (Å²) in [6.07, 6.45) is -0.475. The molecule has 0 aromatic rings. The fourth-order valence-corrected chi connectivity index (χ4v) is 2.12. The van der Waals surface area contributed by atoms with E-state index in [2.05, 4.69) is 31.4 Å². The summed E-state index contributed by atoms with van der Waals surface area (Å²) in [5.41, 5.74) is 10.7. The zero-order valence-electron chi connectivity index (χ0n) is 7.14. The summed E-state index contributed by atoms with van der Waals surface area (Å²) in [4.78, 5) is 0. The van der Waals surface area contributed by atoms with Crippen LogP contribution in [0.2, 0.25) is 0 Å². The molecule has 0 aliphatic rings. The van der Waals surface area contributed by atoms with Gasteiger partial charge in [0.05, 0.1) is 0 Å². The predicted molar refractivity (Wildman–Crippen MR) is 43.2 cm³/mol. The molecule has 0 aromatic heterocycles. The Morgan fingerprint density at radius 1 is 1.36 bits per heavy atom. The second-order valence-electron chi connectivity index (χ2n) is 3.37. The number of hydrogen-bond acceptors (Lipinski definition) is 4. The van der Waals surface area contributed by atoms with E-state index in [1.165, 1.54) is 19.4 Å². The van der Waals surface area contributed by atoms with Crippen LogP contribution in [0.3, 0.4) is 0 Å². The van der Waals surface area contributed by atoms with Gasteiger partial charge in [-0.3, -0.25) is 0 Å². The third-order valence-electron chi connectivity index (χ3n) is 0.786. The average molecular weight is 328 g/mol. The van der Waals surface area contributed by atoms with Crippen LogP contribution in [-0.2, 0) is 19.4 Å². The van der Waals surface area contributed by atoms with Gasteiger partial charge in [-0.05, 0) is 0 Å². The van der Waals surface area contributed by atoms with Crippen LogP contribution < -0.4 is 22.1 Å². The average Bonchev–Trinajstić information content (AvgIpc) is 1.53. The topological polar surface area (TPSA) is 76.1 Å². The summed E-state index contributed by atoms with van der Waals surface area (Å²) < 4.78 is 0.979. The third kappa shape index (κ3) is 8.30. The summed E-state index contributed by atoms with van der Waals surface area (Å²) >= 11 is 1.30. The van der Waals surface area contributed by atoms with Crippen LogP contribution in [-0.4, -0.2) is 16.0 Å². The van der Waals surface area contributed by atoms with Gasteiger partial charge in [-0.25, -0.2) is 0 Å². The second kappa shape index (κ2) is 4.43. The molecule has 6 N–H and O–H groups in total. The summed E-state index contributed by atoms with van der Waals surface area (Å²) in [5, 5.41) is 6.13. The van der Waals surface area contributed by atoms with E-state index in [4.69, 9.17) is 11.5 Å². The molecule has 0 heterocycles. The van der Waals surface area contributed by atoms with E-state index in [0.717, 1.165) is 4.15 Å². The normalized spacial score (nSPS) is 12.2. The van der Waals surface area contributed by atoms with Crippen molar-refractivity contribution >= 4 is 4.15 Å². The minimum absolute atomic E-state index is 0.0684. The summed E-state index contributed by atoms with van der Waals surface area (Å²) in [5.74, 6) is 0. The molecule has 0 aliphatic carbocycles. The molecule has 0 saturated heterocycles. The van der Waals surface area contributed by atoms with E-state index in [9.17, 15) is 0 Å². The first-order valence-corrected chi connectivity index (χ1v) is 4.88. The molecule has 0 fully saturated rings. The number of nitrogens with two attached hydrogens (primary N) is 2. The van der Waals surface area contributed by atoms with Gasteiger partial charge in [0.25, 0.3) is 0 Å². The number of hydrogen-bond donors (Lipinski definition) is 4. The zero-order valence-corrected chi connectivity index (χ0v) is 10.1. The standard InChI is InChI=1S/C6H16N4.W/c1-6(2,3)10-4-9-5(7)8;/h5,9-10H,7-8H2,1-3H3;. The molecule has 0 aromatic carbocycles. The minimum atomic E-state index is -0.475. The Bertz CT molecular complexity index is 138. The fourth-order valence-electron chi connectivity index (χ4n) is 0.528. The molecule has 0 amide bonds. The first-order chi connectivity index (χ1) is 4.81. The Hall–Kier alpha value is 0.398. The first kappa shape index (κ1) is 11.4. The summed E-state index contributed by atoms with van der Waals surface area (Å²) in [6.45, 7) is 6.25. The van der Waals surface area contributed by atoms with Crippen molar-refractivity contribution in [3.8, 4) is 0 Å². The second-order valence-corrected chi connectivity index (χ2v) is 4.84. The Morgan fingerprint density at radius 2 is 1.82 bits per heavy atom. The van der Waals surface area contributed by atoms with Crippen molar-refractivity contribution in [2.75, 3.05) is 0 Å². The Morgan fingerprint density at radius 3 is 2.09 bits per heavy atom. The molecule has 0 aliphatic heterocycles. The van der Waals surface area contributed by atoms with Crippen molar-refractivity contribution in [1.82, 2.24) is 10.6 Å². The quantitative estimate of drug-likeness (QED) is 0.491. The summed E-state index contributed by atoms with van der Waals surface area (Å²) in [6, 6.07) is 0. The molecular weight excluding hydrogens is 312 g/mol. The SMILES string of the molecule is CC(C)(C)N[C](=[W])NC(N)N. The maximum atomic E-state index is 5.33. The molecule has 0 atom stereocenters. The van der Waals surface area contributed by atoms with Gasteiger partial charge in [0.1, 0.15) is 0 Å². The molecular formula is C6H16N4W.